The Morgan fingerprint density at radius 1 is 0.792 bits per heavy atom. The van der Waals surface area contributed by atoms with Gasteiger partial charge in [0.15, 0.2) is 5.78 Å². The van der Waals surface area contributed by atoms with Crippen LogP contribution in [-0.2, 0) is 0 Å². The maximum absolute atomic E-state index is 11.4. The average Bonchev–Trinajstić information content (AvgIpc) is 2.57. The van der Waals surface area contributed by atoms with E-state index in [2.05, 4.69) is 0 Å². The van der Waals surface area contributed by atoms with E-state index in [1.807, 2.05) is 42.5 Å². The second-order valence-electron chi connectivity index (χ2n) is 5.33. The van der Waals surface area contributed by atoms with Gasteiger partial charge < -0.3 is 4.74 Å². The van der Waals surface area contributed by atoms with Gasteiger partial charge in [0, 0.05) is 10.6 Å². The standard InChI is InChI=1S/C20H14Cl2O2/c1-13(23)19-11-4-15(12-20(19)22)14-2-7-17(8-3-14)24-18-9-5-16(21)6-10-18/h2-12H,1H3. The molecule has 0 aliphatic rings. The zero-order valence-electron chi connectivity index (χ0n) is 12.9. The molecule has 0 saturated heterocycles. The first-order valence-electron chi connectivity index (χ1n) is 7.37. The van der Waals surface area contributed by atoms with Crippen molar-refractivity contribution in [3.05, 3.63) is 82.3 Å². The molecule has 0 aliphatic heterocycles. The molecule has 0 N–H and O–H groups in total. The number of Topliss-reactive ketones (excluding diaryl/α,β-unsaturated/α-hetero) is 1. The number of ether oxygens (including phenoxy) is 1. The van der Waals surface area contributed by atoms with Crippen LogP contribution in [0.15, 0.2) is 66.7 Å². The van der Waals surface area contributed by atoms with E-state index in [0.29, 0.717) is 15.6 Å². The smallest absolute Gasteiger partial charge is 0.161 e. The Morgan fingerprint density at radius 3 is 1.88 bits per heavy atom. The molecule has 0 heterocycles. The molecule has 2 nitrogen and oxygen atoms in total. The van der Waals surface area contributed by atoms with Gasteiger partial charge in [0.2, 0.25) is 0 Å². The van der Waals surface area contributed by atoms with E-state index >= 15 is 0 Å². The molecule has 0 bridgehead atoms. The molecule has 0 fully saturated rings. The number of halogens is 2. The molecule has 0 spiro atoms. The van der Waals surface area contributed by atoms with Crippen molar-refractivity contribution in [3.63, 3.8) is 0 Å². The topological polar surface area (TPSA) is 26.3 Å². The summed E-state index contributed by atoms with van der Waals surface area (Å²) in [5.74, 6) is 1.41. The molecular formula is C20H14Cl2O2. The molecule has 0 aliphatic carbocycles. The number of hydrogen-bond acceptors (Lipinski definition) is 2. The van der Waals surface area contributed by atoms with Gasteiger partial charge in [-0.3, -0.25) is 4.79 Å². The summed E-state index contributed by atoms with van der Waals surface area (Å²) in [5, 5.41) is 1.13. The number of ketones is 1. The van der Waals surface area contributed by atoms with E-state index in [-0.39, 0.29) is 5.78 Å². The molecular weight excluding hydrogens is 343 g/mol. The van der Waals surface area contributed by atoms with Crippen molar-refractivity contribution in [2.75, 3.05) is 0 Å². The molecule has 0 saturated carbocycles. The lowest BCUT2D eigenvalue weighted by Gasteiger charge is -2.08. The van der Waals surface area contributed by atoms with Crippen LogP contribution in [0.1, 0.15) is 17.3 Å². The molecule has 24 heavy (non-hydrogen) atoms. The van der Waals surface area contributed by atoms with Crippen molar-refractivity contribution in [2.24, 2.45) is 0 Å². The number of carbonyl (C=O) groups is 1. The molecule has 3 aromatic rings. The van der Waals surface area contributed by atoms with Gasteiger partial charge in [0.05, 0.1) is 5.02 Å². The van der Waals surface area contributed by atoms with Gasteiger partial charge in [-0.05, 0) is 66.6 Å². The summed E-state index contributed by atoms with van der Waals surface area (Å²) in [6.07, 6.45) is 0. The molecule has 3 rings (SSSR count). The SMILES string of the molecule is CC(=O)c1ccc(-c2ccc(Oc3ccc(Cl)cc3)cc2)cc1Cl. The minimum Gasteiger partial charge on any atom is -0.457 e. The van der Waals surface area contributed by atoms with Gasteiger partial charge in [0.25, 0.3) is 0 Å². The summed E-state index contributed by atoms with van der Waals surface area (Å²) >= 11 is 12.0. The van der Waals surface area contributed by atoms with Crippen LogP contribution in [0, 0.1) is 0 Å². The van der Waals surface area contributed by atoms with Crippen molar-refractivity contribution < 1.29 is 9.53 Å². The monoisotopic (exact) mass is 356 g/mol. The van der Waals surface area contributed by atoms with Crippen molar-refractivity contribution in [1.82, 2.24) is 0 Å². The summed E-state index contributed by atoms with van der Waals surface area (Å²) in [4.78, 5) is 11.4. The van der Waals surface area contributed by atoms with E-state index in [1.54, 1.807) is 24.3 Å². The van der Waals surface area contributed by atoms with E-state index in [1.165, 1.54) is 6.92 Å². The number of rotatable bonds is 4. The van der Waals surface area contributed by atoms with Crippen molar-refractivity contribution in [2.45, 2.75) is 6.92 Å². The Kier molecular flexibility index (Phi) is 4.89. The average molecular weight is 357 g/mol. The lowest BCUT2D eigenvalue weighted by atomic mass is 10.0. The van der Waals surface area contributed by atoms with Crippen LogP contribution in [0.25, 0.3) is 11.1 Å². The quantitative estimate of drug-likeness (QED) is 0.488. The highest BCUT2D eigenvalue weighted by Gasteiger charge is 2.07. The van der Waals surface area contributed by atoms with Gasteiger partial charge in [0.1, 0.15) is 11.5 Å². The highest BCUT2D eigenvalue weighted by molar-refractivity contribution is 6.34. The second kappa shape index (κ2) is 7.08. The molecule has 3 aromatic carbocycles. The predicted octanol–water partition coefficient (Wildman–Crippen LogP) is 6.66. The van der Waals surface area contributed by atoms with Crippen LogP contribution >= 0.6 is 23.2 Å². The second-order valence-corrected chi connectivity index (χ2v) is 6.17. The largest absolute Gasteiger partial charge is 0.457 e. The van der Waals surface area contributed by atoms with Crippen LogP contribution in [0.2, 0.25) is 10.0 Å². The molecule has 0 unspecified atom stereocenters. The zero-order valence-corrected chi connectivity index (χ0v) is 14.4. The van der Waals surface area contributed by atoms with Gasteiger partial charge >= 0.3 is 0 Å². The Hall–Kier alpha value is -2.29. The predicted molar refractivity (Wildman–Crippen MR) is 98.4 cm³/mol. The van der Waals surface area contributed by atoms with E-state index in [4.69, 9.17) is 27.9 Å². The van der Waals surface area contributed by atoms with E-state index in [9.17, 15) is 4.79 Å². The molecule has 4 heteroatoms. The van der Waals surface area contributed by atoms with Crippen molar-refractivity contribution in [1.29, 1.82) is 0 Å². The van der Waals surface area contributed by atoms with Crippen LogP contribution in [0.3, 0.4) is 0 Å². The normalized spacial score (nSPS) is 10.5. The third-order valence-electron chi connectivity index (χ3n) is 3.59. The first kappa shape index (κ1) is 16.6. The van der Waals surface area contributed by atoms with Crippen LogP contribution in [0.4, 0.5) is 0 Å². The summed E-state index contributed by atoms with van der Waals surface area (Å²) in [6, 6.07) is 20.3. The van der Waals surface area contributed by atoms with Crippen LogP contribution < -0.4 is 4.74 Å². The third-order valence-corrected chi connectivity index (χ3v) is 4.15. The van der Waals surface area contributed by atoms with Crippen molar-refractivity contribution in [3.8, 4) is 22.6 Å². The highest BCUT2D eigenvalue weighted by Crippen LogP contribution is 2.29. The summed E-state index contributed by atoms with van der Waals surface area (Å²) < 4.78 is 5.77. The third kappa shape index (κ3) is 3.78. The lowest BCUT2D eigenvalue weighted by molar-refractivity contribution is 0.101. The minimum absolute atomic E-state index is 0.0433. The van der Waals surface area contributed by atoms with E-state index in [0.717, 1.165) is 22.6 Å². The van der Waals surface area contributed by atoms with Crippen LogP contribution in [0.5, 0.6) is 11.5 Å². The lowest BCUT2D eigenvalue weighted by Crippen LogP contribution is -1.93. The Morgan fingerprint density at radius 2 is 1.33 bits per heavy atom. The Labute approximate surface area is 150 Å². The van der Waals surface area contributed by atoms with E-state index < -0.39 is 0 Å². The minimum atomic E-state index is -0.0433. The molecule has 0 amide bonds. The zero-order chi connectivity index (χ0) is 17.1. The maximum Gasteiger partial charge on any atom is 0.161 e. The van der Waals surface area contributed by atoms with Crippen molar-refractivity contribution >= 4 is 29.0 Å². The molecule has 120 valence electrons. The summed E-state index contributed by atoms with van der Waals surface area (Å²) in [6.45, 7) is 1.50. The fraction of sp³-hybridized carbons (Fsp3) is 0.0500. The maximum atomic E-state index is 11.4. The van der Waals surface area contributed by atoms with Gasteiger partial charge in [-0.25, -0.2) is 0 Å². The molecule has 0 aromatic heterocycles. The summed E-state index contributed by atoms with van der Waals surface area (Å²) in [5.41, 5.74) is 2.47. The number of carbonyl (C=O) groups excluding carboxylic acids is 1. The van der Waals surface area contributed by atoms with Gasteiger partial charge in [-0.15, -0.1) is 0 Å². The van der Waals surface area contributed by atoms with Gasteiger partial charge in [-0.2, -0.15) is 0 Å². The molecule has 0 radical (unpaired) electrons. The number of benzene rings is 3. The number of hydrogen-bond donors (Lipinski definition) is 0. The highest BCUT2D eigenvalue weighted by atomic mass is 35.5. The summed E-state index contributed by atoms with van der Waals surface area (Å²) in [7, 11) is 0. The Balaban J connectivity index is 1.80. The Bertz CT molecular complexity index is 869. The fourth-order valence-electron chi connectivity index (χ4n) is 2.33. The first-order valence-corrected chi connectivity index (χ1v) is 8.13. The first-order chi connectivity index (χ1) is 11.5. The molecule has 0 atom stereocenters. The van der Waals surface area contributed by atoms with Gasteiger partial charge in [-0.1, -0.05) is 41.4 Å². The van der Waals surface area contributed by atoms with Crippen LogP contribution in [-0.4, -0.2) is 5.78 Å². The fourth-order valence-corrected chi connectivity index (χ4v) is 2.77.